The van der Waals surface area contributed by atoms with Crippen LogP contribution in [-0.2, 0) is 28.5 Å². The molecule has 0 amide bonds. The average Bonchev–Trinajstić information content (AvgIpc) is 3.13. The van der Waals surface area contributed by atoms with Gasteiger partial charge in [-0.3, -0.25) is 9.59 Å². The summed E-state index contributed by atoms with van der Waals surface area (Å²) in [5.74, 6) is -0.434. The summed E-state index contributed by atoms with van der Waals surface area (Å²) in [4.78, 5) is 40.2. The summed E-state index contributed by atoms with van der Waals surface area (Å²) in [7, 11) is 0. The lowest BCUT2D eigenvalue weighted by molar-refractivity contribution is -0.149. The van der Waals surface area contributed by atoms with Crippen molar-refractivity contribution in [1.29, 1.82) is 0 Å². The third-order valence-electron chi connectivity index (χ3n) is 10.1. The molecule has 0 saturated heterocycles. The number of hydrogen-bond acceptors (Lipinski definition) is 8. The van der Waals surface area contributed by atoms with Crippen molar-refractivity contribution in [2.45, 2.75) is 202 Å². The maximum atomic E-state index is 13.3. The molecule has 0 aliphatic carbocycles. The van der Waals surface area contributed by atoms with Gasteiger partial charge in [-0.15, -0.1) is 0 Å². The van der Waals surface area contributed by atoms with Gasteiger partial charge in [-0.05, 0) is 51.1 Å². The van der Waals surface area contributed by atoms with Crippen molar-refractivity contribution < 1.29 is 33.3 Å². The van der Waals surface area contributed by atoms with Gasteiger partial charge in [0.15, 0.2) is 0 Å². The van der Waals surface area contributed by atoms with E-state index in [1.807, 2.05) is 0 Å². The molecule has 0 rings (SSSR count). The second kappa shape index (κ2) is 37.9. The highest BCUT2D eigenvalue weighted by atomic mass is 16.7. The highest BCUT2D eigenvalue weighted by Gasteiger charge is 2.21. The van der Waals surface area contributed by atoms with Crippen molar-refractivity contribution in [3.8, 4) is 0 Å². The number of ether oxygens (including phenoxy) is 4. The van der Waals surface area contributed by atoms with E-state index in [0.717, 1.165) is 51.6 Å². The van der Waals surface area contributed by atoms with E-state index in [0.29, 0.717) is 25.8 Å². The van der Waals surface area contributed by atoms with Gasteiger partial charge in [0.1, 0.15) is 6.61 Å². The molecular formula is C43H83NO7. The fourth-order valence-corrected chi connectivity index (χ4v) is 6.49. The fourth-order valence-electron chi connectivity index (χ4n) is 6.49. The molecule has 0 aromatic rings. The highest BCUT2D eigenvalue weighted by Crippen LogP contribution is 2.22. The molecule has 0 spiro atoms. The molecule has 1 unspecified atom stereocenters. The van der Waals surface area contributed by atoms with E-state index >= 15 is 0 Å². The number of rotatable bonds is 38. The average molecular weight is 726 g/mol. The maximum Gasteiger partial charge on any atom is 0.508 e. The lowest BCUT2D eigenvalue weighted by Gasteiger charge is -2.20. The van der Waals surface area contributed by atoms with E-state index in [1.165, 1.54) is 109 Å². The van der Waals surface area contributed by atoms with E-state index in [9.17, 15) is 14.4 Å². The molecule has 0 aliphatic rings. The van der Waals surface area contributed by atoms with Crippen LogP contribution in [0.4, 0.5) is 4.79 Å². The number of carbonyl (C=O) groups excluding carboxylic acids is 3. The van der Waals surface area contributed by atoms with Crippen molar-refractivity contribution in [3.63, 3.8) is 0 Å². The number of likely N-dealkylation sites (N-methyl/N-ethyl adjacent to an activating group) is 1. The highest BCUT2D eigenvalue weighted by molar-refractivity contribution is 5.72. The second-order valence-corrected chi connectivity index (χ2v) is 14.7. The van der Waals surface area contributed by atoms with Crippen LogP contribution in [0.1, 0.15) is 202 Å². The third kappa shape index (κ3) is 32.5. The molecule has 0 aromatic carbocycles. The van der Waals surface area contributed by atoms with Gasteiger partial charge in [0.05, 0.1) is 25.7 Å². The smallest absolute Gasteiger partial charge is 0.466 e. The van der Waals surface area contributed by atoms with E-state index in [2.05, 4.69) is 39.5 Å². The van der Waals surface area contributed by atoms with Gasteiger partial charge >= 0.3 is 18.1 Å². The molecule has 0 radical (unpaired) electrons. The standard InChI is InChI=1S/C43H83NO7/c1-6-11-14-17-20-21-22-25-28-31-41(45)48-35-32-39(38-51-43(47)50-37-34-44(9-4)10-5)33-36-49-42(46)40(29-26-23-18-15-12-7-2)30-27-24-19-16-13-8-3/h39-40H,6-38H2,1-5H3. The first kappa shape index (κ1) is 49.2. The Morgan fingerprint density at radius 3 is 1.41 bits per heavy atom. The van der Waals surface area contributed by atoms with Crippen LogP contribution < -0.4 is 0 Å². The first-order chi connectivity index (χ1) is 24.9. The molecule has 302 valence electrons. The molecule has 1 atom stereocenters. The van der Waals surface area contributed by atoms with Crippen LogP contribution in [-0.4, -0.2) is 69.1 Å². The predicted octanol–water partition coefficient (Wildman–Crippen LogP) is 12.0. The van der Waals surface area contributed by atoms with Gasteiger partial charge in [0, 0.05) is 13.0 Å². The van der Waals surface area contributed by atoms with E-state index < -0.39 is 6.16 Å². The van der Waals surface area contributed by atoms with Crippen molar-refractivity contribution in [1.82, 2.24) is 4.90 Å². The first-order valence-electron chi connectivity index (χ1n) is 21.8. The van der Waals surface area contributed by atoms with Crippen LogP contribution in [0.3, 0.4) is 0 Å². The van der Waals surface area contributed by atoms with E-state index in [4.69, 9.17) is 18.9 Å². The van der Waals surface area contributed by atoms with Crippen LogP contribution >= 0.6 is 0 Å². The Morgan fingerprint density at radius 1 is 0.471 bits per heavy atom. The molecule has 0 N–H and O–H groups in total. The summed E-state index contributed by atoms with van der Waals surface area (Å²) >= 11 is 0. The third-order valence-corrected chi connectivity index (χ3v) is 10.1. The predicted molar refractivity (Wildman–Crippen MR) is 211 cm³/mol. The number of nitrogens with zero attached hydrogens (tertiary/aromatic N) is 1. The molecule has 0 heterocycles. The number of esters is 2. The Kier molecular flexibility index (Phi) is 36.6. The van der Waals surface area contributed by atoms with Gasteiger partial charge in [0.25, 0.3) is 0 Å². The molecule has 0 aliphatic heterocycles. The minimum atomic E-state index is -0.690. The second-order valence-electron chi connectivity index (χ2n) is 14.7. The summed E-state index contributed by atoms with van der Waals surface area (Å²) in [6.45, 7) is 14.2. The number of hydrogen-bond donors (Lipinski definition) is 0. The van der Waals surface area contributed by atoms with Crippen molar-refractivity contribution >= 4 is 18.1 Å². The van der Waals surface area contributed by atoms with Crippen LogP contribution in [0.5, 0.6) is 0 Å². The maximum absolute atomic E-state index is 13.3. The molecule has 0 aromatic heterocycles. The first-order valence-corrected chi connectivity index (χ1v) is 21.8. The Morgan fingerprint density at radius 2 is 0.922 bits per heavy atom. The van der Waals surface area contributed by atoms with Gasteiger partial charge in [-0.25, -0.2) is 4.79 Å². The van der Waals surface area contributed by atoms with Crippen LogP contribution in [0.15, 0.2) is 0 Å². The zero-order valence-corrected chi connectivity index (χ0v) is 34.3. The van der Waals surface area contributed by atoms with Crippen molar-refractivity contribution in [2.75, 3.05) is 46.1 Å². The molecule has 0 saturated carbocycles. The van der Waals surface area contributed by atoms with Gasteiger partial charge in [0.2, 0.25) is 0 Å². The van der Waals surface area contributed by atoms with Gasteiger partial charge < -0.3 is 23.8 Å². The van der Waals surface area contributed by atoms with Gasteiger partial charge in [-0.2, -0.15) is 0 Å². The summed E-state index contributed by atoms with van der Waals surface area (Å²) in [6, 6.07) is 0. The van der Waals surface area contributed by atoms with E-state index in [-0.39, 0.29) is 50.2 Å². The molecule has 0 bridgehead atoms. The summed E-state index contributed by atoms with van der Waals surface area (Å²) < 4.78 is 22.2. The zero-order valence-electron chi connectivity index (χ0n) is 34.3. The monoisotopic (exact) mass is 726 g/mol. The minimum Gasteiger partial charge on any atom is -0.466 e. The molecular weight excluding hydrogens is 642 g/mol. The number of carbonyl (C=O) groups is 3. The Balaban J connectivity index is 4.87. The van der Waals surface area contributed by atoms with Gasteiger partial charge in [-0.1, -0.05) is 163 Å². The SMILES string of the molecule is CCCCCCCCCCCC(=O)OCCC(CCOC(=O)C(CCCCCCCC)CCCCCCCC)COC(=O)OCCN(CC)CC. The molecule has 8 nitrogen and oxygen atoms in total. The Labute approximate surface area is 315 Å². The molecule has 0 fully saturated rings. The van der Waals surface area contributed by atoms with Crippen molar-refractivity contribution in [2.24, 2.45) is 11.8 Å². The van der Waals surface area contributed by atoms with E-state index in [1.54, 1.807) is 0 Å². The van der Waals surface area contributed by atoms with Crippen molar-refractivity contribution in [3.05, 3.63) is 0 Å². The Bertz CT molecular complexity index is 772. The number of unbranched alkanes of at least 4 members (excludes halogenated alkanes) is 18. The quantitative estimate of drug-likeness (QED) is 0.0353. The van der Waals surface area contributed by atoms with Crippen LogP contribution in [0.2, 0.25) is 0 Å². The minimum absolute atomic E-state index is 0.0557. The van der Waals surface area contributed by atoms with Crippen LogP contribution in [0.25, 0.3) is 0 Å². The fraction of sp³-hybridized carbons (Fsp3) is 0.930. The molecule has 51 heavy (non-hydrogen) atoms. The topological polar surface area (TPSA) is 91.4 Å². The Hall–Kier alpha value is -1.83. The lowest BCUT2D eigenvalue weighted by atomic mass is 9.94. The molecule has 8 heteroatoms. The van der Waals surface area contributed by atoms with Crippen LogP contribution in [0, 0.1) is 11.8 Å². The summed E-state index contributed by atoms with van der Waals surface area (Å²) in [6.07, 6.45) is 27.9. The summed E-state index contributed by atoms with van der Waals surface area (Å²) in [5.41, 5.74) is 0. The summed E-state index contributed by atoms with van der Waals surface area (Å²) in [5, 5.41) is 0. The largest absolute Gasteiger partial charge is 0.508 e. The zero-order chi connectivity index (χ0) is 37.6. The normalized spacial score (nSPS) is 12.0. The lowest BCUT2D eigenvalue weighted by Crippen LogP contribution is -2.28.